The van der Waals surface area contributed by atoms with Gasteiger partial charge in [0.2, 0.25) is 0 Å². The van der Waals surface area contributed by atoms with E-state index >= 15 is 0 Å². The SMILES string of the molecule is COC1(c2nc(C(N)C(=O)O)cs2)CCCCCC1. The van der Waals surface area contributed by atoms with Crippen LogP contribution in [0, 0.1) is 0 Å². The summed E-state index contributed by atoms with van der Waals surface area (Å²) in [5.41, 5.74) is 5.67. The Bertz CT molecular complexity index is 439. The quantitative estimate of drug-likeness (QED) is 0.829. The number of thiazole rings is 1. The summed E-state index contributed by atoms with van der Waals surface area (Å²) in [6.45, 7) is 0. The van der Waals surface area contributed by atoms with Gasteiger partial charge in [-0.2, -0.15) is 0 Å². The summed E-state index contributed by atoms with van der Waals surface area (Å²) in [6.07, 6.45) is 6.56. The van der Waals surface area contributed by atoms with Gasteiger partial charge in [0.15, 0.2) is 0 Å². The second kappa shape index (κ2) is 5.98. The molecule has 6 heteroatoms. The van der Waals surface area contributed by atoms with Gasteiger partial charge in [0, 0.05) is 12.5 Å². The third-order valence-electron chi connectivity index (χ3n) is 3.80. The molecule has 0 bridgehead atoms. The zero-order valence-electron chi connectivity index (χ0n) is 11.1. The molecule has 1 fully saturated rings. The molecule has 5 nitrogen and oxygen atoms in total. The van der Waals surface area contributed by atoms with Crippen molar-refractivity contribution in [2.24, 2.45) is 5.73 Å². The minimum absolute atomic E-state index is 0.350. The van der Waals surface area contributed by atoms with Crippen LogP contribution in [-0.4, -0.2) is 23.2 Å². The van der Waals surface area contributed by atoms with Gasteiger partial charge in [-0.1, -0.05) is 25.7 Å². The molecule has 0 aromatic carbocycles. The van der Waals surface area contributed by atoms with Crippen molar-refractivity contribution in [2.45, 2.75) is 50.2 Å². The summed E-state index contributed by atoms with van der Waals surface area (Å²) in [7, 11) is 1.71. The van der Waals surface area contributed by atoms with Crippen LogP contribution in [0.15, 0.2) is 5.38 Å². The lowest BCUT2D eigenvalue weighted by Crippen LogP contribution is -2.28. The minimum atomic E-state index is -1.05. The molecule has 0 radical (unpaired) electrons. The van der Waals surface area contributed by atoms with Crippen LogP contribution < -0.4 is 5.73 Å². The summed E-state index contributed by atoms with van der Waals surface area (Å²) in [5, 5.41) is 11.5. The maximum Gasteiger partial charge on any atom is 0.326 e. The van der Waals surface area contributed by atoms with Crippen LogP contribution in [0.5, 0.6) is 0 Å². The van der Waals surface area contributed by atoms with Gasteiger partial charge in [0.05, 0.1) is 5.69 Å². The van der Waals surface area contributed by atoms with Crippen LogP contribution in [0.2, 0.25) is 0 Å². The Hall–Kier alpha value is -0.980. The Morgan fingerprint density at radius 1 is 1.47 bits per heavy atom. The maximum absolute atomic E-state index is 10.9. The molecule has 0 spiro atoms. The molecule has 1 aromatic heterocycles. The van der Waals surface area contributed by atoms with Crippen molar-refractivity contribution in [3.8, 4) is 0 Å². The molecule has 1 aromatic rings. The van der Waals surface area contributed by atoms with Crippen LogP contribution in [0.4, 0.5) is 0 Å². The largest absolute Gasteiger partial charge is 0.480 e. The van der Waals surface area contributed by atoms with E-state index in [1.807, 2.05) is 0 Å². The third kappa shape index (κ3) is 2.96. The highest BCUT2D eigenvalue weighted by atomic mass is 32.1. The van der Waals surface area contributed by atoms with E-state index in [1.165, 1.54) is 24.2 Å². The fourth-order valence-electron chi connectivity index (χ4n) is 2.57. The summed E-state index contributed by atoms with van der Waals surface area (Å²) < 4.78 is 5.76. The number of hydrogen-bond donors (Lipinski definition) is 2. The van der Waals surface area contributed by atoms with Crippen molar-refractivity contribution in [2.75, 3.05) is 7.11 Å². The number of carboxylic acid groups (broad SMARTS) is 1. The molecular weight excluding hydrogens is 264 g/mol. The highest BCUT2D eigenvalue weighted by Crippen LogP contribution is 2.40. The van der Waals surface area contributed by atoms with Gasteiger partial charge in [-0.25, -0.2) is 4.98 Å². The molecule has 2 rings (SSSR count). The van der Waals surface area contributed by atoms with E-state index in [2.05, 4.69) is 4.98 Å². The van der Waals surface area contributed by atoms with Crippen LogP contribution in [0.1, 0.15) is 55.3 Å². The lowest BCUT2D eigenvalue weighted by molar-refractivity contribution is -0.138. The van der Waals surface area contributed by atoms with Crippen LogP contribution in [0.3, 0.4) is 0 Å². The van der Waals surface area contributed by atoms with Crippen LogP contribution in [0.25, 0.3) is 0 Å². The summed E-state index contributed by atoms with van der Waals surface area (Å²) in [4.78, 5) is 15.3. The maximum atomic E-state index is 10.9. The molecule has 1 saturated carbocycles. The van der Waals surface area contributed by atoms with Gasteiger partial charge < -0.3 is 15.6 Å². The van der Waals surface area contributed by atoms with Gasteiger partial charge in [-0.05, 0) is 12.8 Å². The second-order valence-corrected chi connectivity index (χ2v) is 5.86. The summed E-state index contributed by atoms with van der Waals surface area (Å²) in [6, 6.07) is -1.05. The van der Waals surface area contributed by atoms with Crippen molar-refractivity contribution >= 4 is 17.3 Å². The van der Waals surface area contributed by atoms with E-state index in [9.17, 15) is 4.79 Å². The predicted octanol–water partition coefficient (Wildman–Crippen LogP) is 2.42. The Kier molecular flexibility index (Phi) is 4.54. The highest BCUT2D eigenvalue weighted by molar-refractivity contribution is 7.09. The van der Waals surface area contributed by atoms with E-state index in [4.69, 9.17) is 15.6 Å². The van der Waals surface area contributed by atoms with Crippen LogP contribution >= 0.6 is 11.3 Å². The molecule has 1 aliphatic carbocycles. The molecule has 106 valence electrons. The number of nitrogens with two attached hydrogens (primary N) is 1. The monoisotopic (exact) mass is 284 g/mol. The molecule has 1 atom stereocenters. The number of rotatable bonds is 4. The van der Waals surface area contributed by atoms with Crippen molar-refractivity contribution in [3.05, 3.63) is 16.1 Å². The lowest BCUT2D eigenvalue weighted by atomic mass is 9.95. The van der Waals surface area contributed by atoms with Crippen molar-refractivity contribution in [1.82, 2.24) is 4.98 Å². The average Bonchev–Trinajstić information content (AvgIpc) is 2.77. The molecule has 0 aliphatic heterocycles. The number of nitrogens with zero attached hydrogens (tertiary/aromatic N) is 1. The summed E-state index contributed by atoms with van der Waals surface area (Å²) >= 11 is 1.46. The number of carboxylic acids is 1. The molecule has 1 heterocycles. The Balaban J connectivity index is 2.25. The first-order valence-electron chi connectivity index (χ1n) is 6.58. The number of aromatic nitrogens is 1. The van der Waals surface area contributed by atoms with Gasteiger partial charge >= 0.3 is 5.97 Å². The molecule has 1 unspecified atom stereocenters. The van der Waals surface area contributed by atoms with E-state index in [1.54, 1.807) is 12.5 Å². The Morgan fingerprint density at radius 3 is 2.63 bits per heavy atom. The molecule has 0 saturated heterocycles. The van der Waals surface area contributed by atoms with Crippen molar-refractivity contribution < 1.29 is 14.6 Å². The van der Waals surface area contributed by atoms with Gasteiger partial charge in [-0.3, -0.25) is 4.79 Å². The molecule has 0 amide bonds. The second-order valence-electron chi connectivity index (χ2n) is 5.01. The topological polar surface area (TPSA) is 85.4 Å². The number of hydrogen-bond acceptors (Lipinski definition) is 5. The Labute approximate surface area is 116 Å². The van der Waals surface area contributed by atoms with Crippen molar-refractivity contribution in [3.63, 3.8) is 0 Å². The fraction of sp³-hybridized carbons (Fsp3) is 0.692. The molecule has 19 heavy (non-hydrogen) atoms. The minimum Gasteiger partial charge on any atom is -0.480 e. The van der Waals surface area contributed by atoms with Gasteiger partial charge in [0.1, 0.15) is 16.7 Å². The molecule has 3 N–H and O–H groups in total. The van der Waals surface area contributed by atoms with Gasteiger partial charge in [-0.15, -0.1) is 11.3 Å². The number of methoxy groups -OCH3 is 1. The third-order valence-corrected chi connectivity index (χ3v) is 4.84. The van der Waals surface area contributed by atoms with E-state index < -0.39 is 12.0 Å². The first-order valence-corrected chi connectivity index (χ1v) is 7.46. The average molecular weight is 284 g/mol. The van der Waals surface area contributed by atoms with E-state index in [0.29, 0.717) is 5.69 Å². The first kappa shape index (κ1) is 14.4. The van der Waals surface area contributed by atoms with Crippen LogP contribution in [-0.2, 0) is 15.1 Å². The van der Waals surface area contributed by atoms with E-state index in [-0.39, 0.29) is 5.60 Å². The molecular formula is C13H20N2O3S. The Morgan fingerprint density at radius 2 is 2.11 bits per heavy atom. The zero-order chi connectivity index (χ0) is 13.9. The highest BCUT2D eigenvalue weighted by Gasteiger charge is 2.36. The zero-order valence-corrected chi connectivity index (χ0v) is 11.9. The molecule has 1 aliphatic rings. The standard InChI is InChI=1S/C13H20N2O3S/c1-18-13(6-4-2-3-5-7-13)12-15-9(8-19-12)10(14)11(16)17/h8,10H,2-7,14H2,1H3,(H,16,17). The first-order chi connectivity index (χ1) is 9.09. The number of carbonyl (C=O) groups is 1. The number of ether oxygens (including phenoxy) is 1. The smallest absolute Gasteiger partial charge is 0.326 e. The predicted molar refractivity (Wildman–Crippen MR) is 73.1 cm³/mol. The van der Waals surface area contributed by atoms with E-state index in [0.717, 1.165) is 30.7 Å². The number of aliphatic carboxylic acids is 1. The fourth-order valence-corrected chi connectivity index (χ4v) is 3.66. The summed E-state index contributed by atoms with van der Waals surface area (Å²) in [5.74, 6) is -1.05. The van der Waals surface area contributed by atoms with Crippen molar-refractivity contribution in [1.29, 1.82) is 0 Å². The lowest BCUT2D eigenvalue weighted by Gasteiger charge is -2.29. The normalized spacial score (nSPS) is 20.7. The van der Waals surface area contributed by atoms with Gasteiger partial charge in [0.25, 0.3) is 0 Å².